The molecule has 1 fully saturated rings. The Labute approximate surface area is 108 Å². The fourth-order valence-corrected chi connectivity index (χ4v) is 3.52. The Hall–Kier alpha value is -0.860. The van der Waals surface area contributed by atoms with Crippen LogP contribution in [-0.4, -0.2) is 54.3 Å². The molecule has 0 spiro atoms. The van der Waals surface area contributed by atoms with E-state index in [-0.39, 0.29) is 5.84 Å². The van der Waals surface area contributed by atoms with Gasteiger partial charge in [-0.1, -0.05) is 18.0 Å². The first kappa shape index (κ1) is 15.2. The van der Waals surface area contributed by atoms with Crippen molar-refractivity contribution in [2.75, 3.05) is 20.1 Å². The molecule has 0 saturated carbocycles. The molecular formula is C10H22N4O3S. The molecule has 1 saturated heterocycles. The molecule has 7 nitrogen and oxygen atoms in total. The minimum atomic E-state index is -3.54. The van der Waals surface area contributed by atoms with Gasteiger partial charge in [-0.3, -0.25) is 0 Å². The molecule has 0 bridgehead atoms. The van der Waals surface area contributed by atoms with E-state index in [1.165, 1.54) is 11.4 Å². The highest BCUT2D eigenvalue weighted by atomic mass is 32.2. The van der Waals surface area contributed by atoms with Crippen molar-refractivity contribution in [3.8, 4) is 0 Å². The number of hydrogen-bond acceptors (Lipinski definition) is 4. The molecule has 1 atom stereocenters. The summed E-state index contributed by atoms with van der Waals surface area (Å²) in [5.74, 6) is -0.115. The molecule has 0 aromatic heterocycles. The molecule has 1 heterocycles. The lowest BCUT2D eigenvalue weighted by Gasteiger charge is -2.29. The fourth-order valence-electron chi connectivity index (χ4n) is 1.92. The van der Waals surface area contributed by atoms with Crippen molar-refractivity contribution < 1.29 is 13.6 Å². The highest BCUT2D eigenvalue weighted by molar-refractivity contribution is 7.86. The maximum atomic E-state index is 12.4. The monoisotopic (exact) mass is 278 g/mol. The second kappa shape index (κ2) is 6.35. The summed E-state index contributed by atoms with van der Waals surface area (Å²) in [4.78, 5) is 0. The quantitative estimate of drug-likeness (QED) is 0.331. The Balaban J connectivity index is 2.84. The molecule has 18 heavy (non-hydrogen) atoms. The zero-order valence-electron chi connectivity index (χ0n) is 10.9. The van der Waals surface area contributed by atoms with E-state index in [0.717, 1.165) is 30.0 Å². The highest BCUT2D eigenvalue weighted by Gasteiger charge is 2.31. The average molecular weight is 278 g/mol. The van der Waals surface area contributed by atoms with Gasteiger partial charge in [0.15, 0.2) is 5.84 Å². The molecule has 0 radical (unpaired) electrons. The molecular weight excluding hydrogens is 256 g/mol. The van der Waals surface area contributed by atoms with Crippen molar-refractivity contribution in [2.45, 2.75) is 38.6 Å². The fraction of sp³-hybridized carbons (Fsp3) is 0.900. The predicted octanol–water partition coefficient (Wildman–Crippen LogP) is 0.174. The van der Waals surface area contributed by atoms with Gasteiger partial charge in [-0.2, -0.15) is 17.0 Å². The Morgan fingerprint density at radius 3 is 2.28 bits per heavy atom. The Kier molecular flexibility index (Phi) is 5.36. The molecule has 106 valence electrons. The van der Waals surface area contributed by atoms with Crippen LogP contribution in [0.3, 0.4) is 0 Å². The summed E-state index contributed by atoms with van der Waals surface area (Å²) in [5, 5.41) is 11.5. The Bertz CT molecular complexity index is 388. The second-order valence-corrected chi connectivity index (χ2v) is 6.53. The van der Waals surface area contributed by atoms with E-state index in [1.807, 2.05) is 0 Å². The van der Waals surface area contributed by atoms with E-state index >= 15 is 0 Å². The van der Waals surface area contributed by atoms with Crippen LogP contribution in [0.25, 0.3) is 0 Å². The SMILES string of the molecule is CC(C(N)=NO)N(C)S(=O)(=O)N1CCCCCC1. The first-order chi connectivity index (χ1) is 8.41. The van der Waals surface area contributed by atoms with Gasteiger partial charge in [-0.05, 0) is 19.8 Å². The molecule has 0 aromatic carbocycles. The number of amidine groups is 1. The van der Waals surface area contributed by atoms with Crippen molar-refractivity contribution in [3.05, 3.63) is 0 Å². The summed E-state index contributed by atoms with van der Waals surface area (Å²) in [6.07, 6.45) is 3.88. The number of rotatable bonds is 4. The minimum absolute atomic E-state index is 0.115. The summed E-state index contributed by atoms with van der Waals surface area (Å²) >= 11 is 0. The molecule has 1 unspecified atom stereocenters. The first-order valence-electron chi connectivity index (χ1n) is 6.11. The van der Waals surface area contributed by atoms with Gasteiger partial charge in [0, 0.05) is 20.1 Å². The number of likely N-dealkylation sites (N-methyl/N-ethyl adjacent to an activating group) is 1. The smallest absolute Gasteiger partial charge is 0.282 e. The van der Waals surface area contributed by atoms with Crippen LogP contribution in [-0.2, 0) is 10.2 Å². The normalized spacial score (nSPS) is 21.8. The number of nitrogens with two attached hydrogens (primary N) is 1. The first-order valence-corrected chi connectivity index (χ1v) is 7.51. The molecule has 0 aromatic rings. The average Bonchev–Trinajstić information content (AvgIpc) is 2.65. The van der Waals surface area contributed by atoms with Crippen LogP contribution in [0.2, 0.25) is 0 Å². The molecule has 1 rings (SSSR count). The molecule has 8 heteroatoms. The van der Waals surface area contributed by atoms with Crippen molar-refractivity contribution in [1.29, 1.82) is 0 Å². The standard InChI is InChI=1S/C10H22N4O3S/c1-9(10(11)12-15)13(2)18(16,17)14-7-5-3-4-6-8-14/h9,15H,3-8H2,1-2H3,(H2,11,12). The van der Waals surface area contributed by atoms with Crippen molar-refractivity contribution in [2.24, 2.45) is 10.9 Å². The lowest BCUT2D eigenvalue weighted by Crippen LogP contribution is -2.50. The van der Waals surface area contributed by atoms with Gasteiger partial charge in [-0.15, -0.1) is 0 Å². The summed E-state index contributed by atoms with van der Waals surface area (Å²) < 4.78 is 27.3. The molecule has 1 aliphatic rings. The third-order valence-corrected chi connectivity index (χ3v) is 5.41. The van der Waals surface area contributed by atoms with Gasteiger partial charge in [-0.25, -0.2) is 0 Å². The maximum absolute atomic E-state index is 12.4. The summed E-state index contributed by atoms with van der Waals surface area (Å²) in [5.41, 5.74) is 5.45. The number of hydrogen-bond donors (Lipinski definition) is 2. The van der Waals surface area contributed by atoms with Crippen LogP contribution in [0, 0.1) is 0 Å². The van der Waals surface area contributed by atoms with E-state index in [2.05, 4.69) is 5.16 Å². The molecule has 0 amide bonds. The largest absolute Gasteiger partial charge is 0.409 e. The van der Waals surface area contributed by atoms with E-state index in [9.17, 15) is 8.42 Å². The zero-order chi connectivity index (χ0) is 13.8. The lowest BCUT2D eigenvalue weighted by molar-refractivity contribution is 0.308. The van der Waals surface area contributed by atoms with Crippen molar-refractivity contribution in [3.63, 3.8) is 0 Å². The van der Waals surface area contributed by atoms with Gasteiger partial charge in [0.1, 0.15) is 0 Å². The predicted molar refractivity (Wildman–Crippen MR) is 69.6 cm³/mol. The van der Waals surface area contributed by atoms with Crippen LogP contribution in [0.5, 0.6) is 0 Å². The summed E-state index contributed by atoms with van der Waals surface area (Å²) in [6, 6.07) is -0.664. The zero-order valence-corrected chi connectivity index (χ0v) is 11.7. The van der Waals surface area contributed by atoms with Crippen LogP contribution < -0.4 is 5.73 Å². The van der Waals surface area contributed by atoms with Crippen LogP contribution in [0.1, 0.15) is 32.6 Å². The molecule has 3 N–H and O–H groups in total. The Morgan fingerprint density at radius 1 is 1.33 bits per heavy atom. The van der Waals surface area contributed by atoms with Crippen molar-refractivity contribution in [1.82, 2.24) is 8.61 Å². The molecule has 1 aliphatic heterocycles. The highest BCUT2D eigenvalue weighted by Crippen LogP contribution is 2.17. The minimum Gasteiger partial charge on any atom is -0.409 e. The number of nitrogens with zero attached hydrogens (tertiary/aromatic N) is 3. The number of oxime groups is 1. The van der Waals surface area contributed by atoms with Gasteiger partial charge in [0.2, 0.25) is 0 Å². The van der Waals surface area contributed by atoms with Crippen LogP contribution >= 0.6 is 0 Å². The van der Waals surface area contributed by atoms with E-state index in [4.69, 9.17) is 10.9 Å². The van der Waals surface area contributed by atoms with E-state index in [1.54, 1.807) is 6.92 Å². The second-order valence-electron chi connectivity index (χ2n) is 4.54. The van der Waals surface area contributed by atoms with Gasteiger partial charge >= 0.3 is 0 Å². The van der Waals surface area contributed by atoms with Crippen LogP contribution in [0.15, 0.2) is 5.16 Å². The summed E-state index contributed by atoms with van der Waals surface area (Å²) in [7, 11) is -2.10. The van der Waals surface area contributed by atoms with Crippen molar-refractivity contribution >= 4 is 16.0 Å². The molecule has 0 aliphatic carbocycles. The topological polar surface area (TPSA) is 99.2 Å². The van der Waals surface area contributed by atoms with Crippen LogP contribution in [0.4, 0.5) is 0 Å². The third-order valence-electron chi connectivity index (χ3n) is 3.34. The van der Waals surface area contributed by atoms with E-state index < -0.39 is 16.3 Å². The van der Waals surface area contributed by atoms with E-state index in [0.29, 0.717) is 13.1 Å². The van der Waals surface area contributed by atoms with Gasteiger partial charge < -0.3 is 10.9 Å². The Morgan fingerprint density at radius 2 is 1.83 bits per heavy atom. The van der Waals surface area contributed by atoms with Gasteiger partial charge in [0.05, 0.1) is 6.04 Å². The summed E-state index contributed by atoms with van der Waals surface area (Å²) in [6.45, 7) is 2.66. The van der Waals surface area contributed by atoms with Gasteiger partial charge in [0.25, 0.3) is 10.2 Å². The maximum Gasteiger partial charge on any atom is 0.282 e. The third kappa shape index (κ3) is 3.33. The lowest BCUT2D eigenvalue weighted by atomic mass is 10.2.